The zero-order valence-electron chi connectivity index (χ0n) is 10.8. The first-order chi connectivity index (χ1) is 9.08. The number of halogens is 1. The van der Waals surface area contributed by atoms with Gasteiger partial charge >= 0.3 is 5.97 Å². The van der Waals surface area contributed by atoms with Crippen LogP contribution < -0.4 is 5.43 Å². The number of hydrogen-bond donors (Lipinski definition) is 0. The van der Waals surface area contributed by atoms with Gasteiger partial charge in [0, 0.05) is 23.2 Å². The molecule has 1 heterocycles. The first-order valence-corrected chi connectivity index (χ1v) is 6.46. The van der Waals surface area contributed by atoms with Crippen LogP contribution in [0.4, 0.5) is 0 Å². The van der Waals surface area contributed by atoms with Gasteiger partial charge in [-0.2, -0.15) is 0 Å². The van der Waals surface area contributed by atoms with E-state index < -0.39 is 5.97 Å². The number of rotatable bonds is 3. The Hall–Kier alpha value is -1.81. The minimum atomic E-state index is -0.600. The molecule has 0 saturated carbocycles. The smallest absolute Gasteiger partial charge is 0.343 e. The first-order valence-electron chi connectivity index (χ1n) is 6.08. The Balaban J connectivity index is 2.77. The van der Waals surface area contributed by atoms with Crippen molar-refractivity contribution in [1.29, 1.82) is 0 Å². The van der Waals surface area contributed by atoms with Crippen molar-refractivity contribution in [1.82, 2.24) is 4.57 Å². The number of hydrogen-bond acceptors (Lipinski definition) is 3. The molecule has 4 nitrogen and oxygen atoms in total. The largest absolute Gasteiger partial charge is 0.462 e. The summed E-state index contributed by atoms with van der Waals surface area (Å²) in [6.07, 6.45) is 1.54. The van der Waals surface area contributed by atoms with E-state index in [1.165, 1.54) is 6.20 Å². The minimum absolute atomic E-state index is 0.0402. The van der Waals surface area contributed by atoms with Crippen molar-refractivity contribution in [2.75, 3.05) is 6.61 Å². The summed E-state index contributed by atoms with van der Waals surface area (Å²) in [4.78, 5) is 24.1. The molecule has 2 rings (SSSR count). The van der Waals surface area contributed by atoms with Gasteiger partial charge in [0.05, 0.1) is 12.1 Å². The molecule has 100 valence electrons. The van der Waals surface area contributed by atoms with Crippen molar-refractivity contribution in [2.45, 2.75) is 20.4 Å². The number of esters is 1. The molecule has 0 N–H and O–H groups in total. The normalized spacial score (nSPS) is 10.7. The molecule has 0 aliphatic carbocycles. The quantitative estimate of drug-likeness (QED) is 0.812. The molecule has 0 unspecified atom stereocenters. The van der Waals surface area contributed by atoms with Gasteiger partial charge in [-0.15, -0.1) is 0 Å². The van der Waals surface area contributed by atoms with E-state index in [4.69, 9.17) is 16.3 Å². The molecule has 0 spiro atoms. The Morgan fingerprint density at radius 1 is 1.37 bits per heavy atom. The lowest BCUT2D eigenvalue weighted by Crippen LogP contribution is -2.20. The van der Waals surface area contributed by atoms with E-state index in [2.05, 4.69) is 0 Å². The Morgan fingerprint density at radius 3 is 2.74 bits per heavy atom. The average Bonchev–Trinajstić information content (AvgIpc) is 2.40. The number of pyridine rings is 1. The highest BCUT2D eigenvalue weighted by atomic mass is 35.5. The van der Waals surface area contributed by atoms with Gasteiger partial charge in [-0.3, -0.25) is 4.79 Å². The van der Waals surface area contributed by atoms with E-state index in [0.717, 1.165) is 5.52 Å². The third kappa shape index (κ3) is 2.49. The molecule has 19 heavy (non-hydrogen) atoms. The van der Waals surface area contributed by atoms with Gasteiger partial charge in [0.2, 0.25) is 5.43 Å². The number of benzene rings is 1. The molecule has 0 saturated heterocycles. The summed E-state index contributed by atoms with van der Waals surface area (Å²) in [6, 6.07) is 5.07. The van der Waals surface area contributed by atoms with Crippen LogP contribution in [0.5, 0.6) is 0 Å². The Bertz CT molecular complexity index is 691. The van der Waals surface area contributed by atoms with Crippen LogP contribution in [0.15, 0.2) is 29.2 Å². The van der Waals surface area contributed by atoms with Crippen molar-refractivity contribution in [2.24, 2.45) is 0 Å². The zero-order valence-corrected chi connectivity index (χ0v) is 11.5. The monoisotopic (exact) mass is 279 g/mol. The van der Waals surface area contributed by atoms with E-state index in [1.54, 1.807) is 25.1 Å². The fourth-order valence-corrected chi connectivity index (χ4v) is 2.16. The zero-order chi connectivity index (χ0) is 14.0. The van der Waals surface area contributed by atoms with Crippen LogP contribution >= 0.6 is 11.6 Å². The fourth-order valence-electron chi connectivity index (χ4n) is 1.99. The van der Waals surface area contributed by atoms with Crippen molar-refractivity contribution < 1.29 is 9.53 Å². The van der Waals surface area contributed by atoms with Gasteiger partial charge in [-0.25, -0.2) is 4.79 Å². The predicted octanol–water partition coefficient (Wildman–Crippen LogP) is 2.85. The van der Waals surface area contributed by atoms with Crippen LogP contribution in [0, 0.1) is 0 Å². The second-order valence-electron chi connectivity index (χ2n) is 4.04. The molecule has 1 aromatic carbocycles. The van der Waals surface area contributed by atoms with Gasteiger partial charge in [0.15, 0.2) is 0 Å². The molecule has 0 radical (unpaired) electrons. The van der Waals surface area contributed by atoms with E-state index in [1.807, 2.05) is 11.5 Å². The van der Waals surface area contributed by atoms with Gasteiger partial charge in [0.1, 0.15) is 5.56 Å². The topological polar surface area (TPSA) is 48.3 Å². The Labute approximate surface area is 115 Å². The molecule has 1 aromatic heterocycles. The molecular formula is C14H14ClNO3. The summed E-state index contributed by atoms with van der Waals surface area (Å²) in [5.74, 6) is -0.600. The highest BCUT2D eigenvalue weighted by molar-refractivity contribution is 6.31. The third-order valence-corrected chi connectivity index (χ3v) is 3.11. The van der Waals surface area contributed by atoms with Crippen LogP contribution in [0.1, 0.15) is 24.2 Å². The van der Waals surface area contributed by atoms with Crippen LogP contribution in [-0.2, 0) is 11.3 Å². The third-order valence-electron chi connectivity index (χ3n) is 2.88. The number of aryl methyl sites for hydroxylation is 1. The maximum Gasteiger partial charge on any atom is 0.343 e. The molecule has 0 amide bonds. The number of fused-ring (bicyclic) bond motifs is 1. The average molecular weight is 280 g/mol. The van der Waals surface area contributed by atoms with E-state index >= 15 is 0 Å². The lowest BCUT2D eigenvalue weighted by molar-refractivity contribution is 0.0524. The van der Waals surface area contributed by atoms with Crippen LogP contribution in [0.3, 0.4) is 0 Å². The van der Waals surface area contributed by atoms with Gasteiger partial charge in [0.25, 0.3) is 0 Å². The van der Waals surface area contributed by atoms with Crippen molar-refractivity contribution in [3.05, 3.63) is 45.2 Å². The molecule has 0 atom stereocenters. The van der Waals surface area contributed by atoms with Gasteiger partial charge < -0.3 is 9.30 Å². The minimum Gasteiger partial charge on any atom is -0.462 e. The van der Waals surface area contributed by atoms with Crippen molar-refractivity contribution >= 4 is 28.5 Å². The summed E-state index contributed by atoms with van der Waals surface area (Å²) >= 11 is 5.91. The van der Waals surface area contributed by atoms with Crippen molar-refractivity contribution in [3.63, 3.8) is 0 Å². The van der Waals surface area contributed by atoms with E-state index in [0.29, 0.717) is 17.0 Å². The van der Waals surface area contributed by atoms with Crippen LogP contribution in [0.2, 0.25) is 5.02 Å². The maximum atomic E-state index is 12.3. The second-order valence-corrected chi connectivity index (χ2v) is 4.48. The number of ether oxygens (including phenoxy) is 1. The Morgan fingerprint density at radius 2 is 2.11 bits per heavy atom. The molecule has 0 bridgehead atoms. The lowest BCUT2D eigenvalue weighted by Gasteiger charge is -2.11. The SMILES string of the molecule is CCOC(=O)c1cn(CC)c2ccc(Cl)cc2c1=O. The summed E-state index contributed by atoms with van der Waals surface area (Å²) in [5, 5.41) is 0.896. The first kappa shape index (κ1) is 13.6. The summed E-state index contributed by atoms with van der Waals surface area (Å²) in [5.41, 5.74) is 0.448. The van der Waals surface area contributed by atoms with Crippen LogP contribution in [0.25, 0.3) is 10.9 Å². The Kier molecular flexibility index (Phi) is 3.90. The summed E-state index contributed by atoms with van der Waals surface area (Å²) in [6.45, 7) is 4.52. The fraction of sp³-hybridized carbons (Fsp3) is 0.286. The summed E-state index contributed by atoms with van der Waals surface area (Å²) < 4.78 is 6.73. The number of aromatic nitrogens is 1. The molecule has 0 fully saturated rings. The second kappa shape index (κ2) is 5.45. The maximum absolute atomic E-state index is 12.3. The predicted molar refractivity (Wildman–Crippen MR) is 74.8 cm³/mol. The number of carbonyl (C=O) groups is 1. The molecule has 5 heteroatoms. The van der Waals surface area contributed by atoms with Gasteiger partial charge in [-0.05, 0) is 32.0 Å². The number of carbonyl (C=O) groups excluding carboxylic acids is 1. The molecule has 0 aliphatic heterocycles. The van der Waals surface area contributed by atoms with Crippen LogP contribution in [-0.4, -0.2) is 17.1 Å². The molecular weight excluding hydrogens is 266 g/mol. The van der Waals surface area contributed by atoms with E-state index in [9.17, 15) is 9.59 Å². The van der Waals surface area contributed by atoms with E-state index in [-0.39, 0.29) is 17.6 Å². The molecule has 0 aliphatic rings. The number of nitrogens with zero attached hydrogens (tertiary/aromatic N) is 1. The lowest BCUT2D eigenvalue weighted by atomic mass is 10.1. The molecule has 2 aromatic rings. The van der Waals surface area contributed by atoms with Crippen molar-refractivity contribution in [3.8, 4) is 0 Å². The standard InChI is InChI=1S/C14H14ClNO3/c1-3-16-8-11(14(18)19-4-2)13(17)10-7-9(15)5-6-12(10)16/h5-8H,3-4H2,1-2H3. The van der Waals surface area contributed by atoms with Gasteiger partial charge in [-0.1, -0.05) is 11.6 Å². The highest BCUT2D eigenvalue weighted by Crippen LogP contribution is 2.17. The highest BCUT2D eigenvalue weighted by Gasteiger charge is 2.16. The summed E-state index contributed by atoms with van der Waals surface area (Å²) in [7, 11) is 0.